The fourth-order valence-electron chi connectivity index (χ4n) is 1.66. The van der Waals surface area contributed by atoms with E-state index in [1.54, 1.807) is 14.1 Å². The van der Waals surface area contributed by atoms with E-state index in [2.05, 4.69) is 0 Å². The van der Waals surface area contributed by atoms with Crippen molar-refractivity contribution in [3.05, 3.63) is 42.0 Å². The molecule has 0 bridgehead atoms. The van der Waals surface area contributed by atoms with Gasteiger partial charge in [0.25, 0.3) is 0 Å². The Kier molecular flexibility index (Phi) is 5.31. The molecule has 1 rings (SSSR count). The third-order valence-corrected chi connectivity index (χ3v) is 2.71. The highest BCUT2D eigenvalue weighted by molar-refractivity contribution is 6.00. The zero-order valence-corrected chi connectivity index (χ0v) is 11.1. The Balaban J connectivity index is 2.66. The van der Waals surface area contributed by atoms with Crippen molar-refractivity contribution < 1.29 is 9.59 Å². The molecule has 0 fully saturated rings. The summed E-state index contributed by atoms with van der Waals surface area (Å²) in [6.07, 6.45) is 4.25. The second kappa shape index (κ2) is 6.74. The lowest BCUT2D eigenvalue weighted by molar-refractivity contribution is -0.138. The summed E-state index contributed by atoms with van der Waals surface area (Å²) in [5, 5.41) is 0. The highest BCUT2D eigenvalue weighted by atomic mass is 16.2. The van der Waals surface area contributed by atoms with Crippen LogP contribution in [0.15, 0.2) is 36.4 Å². The zero-order valence-electron chi connectivity index (χ0n) is 11.1. The third kappa shape index (κ3) is 4.17. The van der Waals surface area contributed by atoms with Crippen LogP contribution in [0.4, 0.5) is 0 Å². The summed E-state index contributed by atoms with van der Waals surface area (Å²) >= 11 is 0. The fraction of sp³-hybridized carbons (Fsp3) is 0.333. The summed E-state index contributed by atoms with van der Waals surface area (Å²) in [4.78, 5) is 24.7. The Hall–Kier alpha value is -1.90. The Bertz CT molecular complexity index is 435. The van der Waals surface area contributed by atoms with Crippen LogP contribution in [0.1, 0.15) is 18.9 Å². The average molecular weight is 245 g/mol. The molecule has 3 nitrogen and oxygen atoms in total. The first kappa shape index (κ1) is 14.2. The fourth-order valence-corrected chi connectivity index (χ4v) is 1.66. The Labute approximate surface area is 108 Å². The number of carbonyl (C=O) groups is 2. The first-order valence-electron chi connectivity index (χ1n) is 5.95. The second-order valence-corrected chi connectivity index (χ2v) is 4.44. The minimum atomic E-state index is -0.569. The molecule has 1 aromatic carbocycles. The van der Waals surface area contributed by atoms with Crippen molar-refractivity contribution in [1.29, 1.82) is 0 Å². The van der Waals surface area contributed by atoms with Crippen molar-refractivity contribution in [3.8, 4) is 0 Å². The van der Waals surface area contributed by atoms with E-state index < -0.39 is 5.92 Å². The number of nitrogens with zero attached hydrogens (tertiary/aromatic N) is 1. The first-order valence-corrected chi connectivity index (χ1v) is 5.95. The van der Waals surface area contributed by atoms with Gasteiger partial charge in [0, 0.05) is 14.1 Å². The Morgan fingerprint density at radius 3 is 2.33 bits per heavy atom. The molecular weight excluding hydrogens is 226 g/mol. The normalized spacial score (nSPS) is 12.4. The Morgan fingerprint density at radius 2 is 1.83 bits per heavy atom. The summed E-state index contributed by atoms with van der Waals surface area (Å²) in [6, 6.07) is 9.81. The molecule has 0 saturated carbocycles. The van der Waals surface area contributed by atoms with Crippen LogP contribution in [0.5, 0.6) is 0 Å². The summed E-state index contributed by atoms with van der Waals surface area (Å²) in [5.41, 5.74) is 1.07. The molecule has 0 radical (unpaired) electrons. The van der Waals surface area contributed by atoms with Gasteiger partial charge in [0.15, 0.2) is 0 Å². The molecule has 1 amide bonds. The molecule has 3 heteroatoms. The maximum Gasteiger partial charge on any atom is 0.232 e. The molecule has 1 atom stereocenters. The van der Waals surface area contributed by atoms with Crippen LogP contribution in [-0.4, -0.2) is 30.7 Å². The number of Topliss-reactive ketones (excluding diaryl/α,β-unsaturated/α-hetero) is 1. The van der Waals surface area contributed by atoms with Gasteiger partial charge >= 0.3 is 0 Å². The van der Waals surface area contributed by atoms with Crippen molar-refractivity contribution in [1.82, 2.24) is 4.90 Å². The standard InChI is InChI=1S/C15H19NO2/c1-12(17)14(15(18)16(2)3)11-7-10-13-8-5-4-6-9-13/h4-10,14H,11H2,1-3H3/b10-7+. The third-order valence-electron chi connectivity index (χ3n) is 2.71. The Morgan fingerprint density at radius 1 is 1.22 bits per heavy atom. The summed E-state index contributed by atoms with van der Waals surface area (Å²) in [7, 11) is 3.33. The predicted octanol–water partition coefficient (Wildman–Crippen LogP) is 2.38. The average Bonchev–Trinajstić information content (AvgIpc) is 2.34. The lowest BCUT2D eigenvalue weighted by atomic mass is 9.99. The topological polar surface area (TPSA) is 37.4 Å². The van der Waals surface area contributed by atoms with Gasteiger partial charge in [-0.15, -0.1) is 0 Å². The molecular formula is C15H19NO2. The first-order chi connectivity index (χ1) is 8.52. The van der Waals surface area contributed by atoms with Gasteiger partial charge in [-0.05, 0) is 18.9 Å². The van der Waals surface area contributed by atoms with E-state index in [0.717, 1.165) is 5.56 Å². The second-order valence-electron chi connectivity index (χ2n) is 4.44. The van der Waals surface area contributed by atoms with E-state index in [1.165, 1.54) is 11.8 Å². The molecule has 0 aliphatic heterocycles. The highest BCUT2D eigenvalue weighted by Gasteiger charge is 2.23. The minimum Gasteiger partial charge on any atom is -0.348 e. The number of benzene rings is 1. The molecule has 0 aromatic heterocycles. The maximum atomic E-state index is 11.8. The van der Waals surface area contributed by atoms with E-state index >= 15 is 0 Å². The smallest absolute Gasteiger partial charge is 0.232 e. The van der Waals surface area contributed by atoms with E-state index in [4.69, 9.17) is 0 Å². The summed E-state index contributed by atoms with van der Waals surface area (Å²) in [5.74, 6) is -0.799. The van der Waals surface area contributed by atoms with E-state index in [0.29, 0.717) is 6.42 Å². The van der Waals surface area contributed by atoms with Crippen LogP contribution >= 0.6 is 0 Å². The van der Waals surface area contributed by atoms with Crippen LogP contribution in [0.2, 0.25) is 0 Å². The van der Waals surface area contributed by atoms with Gasteiger partial charge in [0.2, 0.25) is 5.91 Å². The van der Waals surface area contributed by atoms with Crippen LogP contribution in [-0.2, 0) is 9.59 Å². The van der Waals surface area contributed by atoms with E-state index in [1.807, 2.05) is 42.5 Å². The molecule has 0 aliphatic rings. The molecule has 0 heterocycles. The number of amides is 1. The van der Waals surface area contributed by atoms with Crippen molar-refractivity contribution in [2.24, 2.45) is 5.92 Å². The summed E-state index contributed by atoms with van der Waals surface area (Å²) < 4.78 is 0. The number of carbonyl (C=O) groups excluding carboxylic acids is 2. The van der Waals surface area contributed by atoms with Crippen molar-refractivity contribution in [2.45, 2.75) is 13.3 Å². The van der Waals surface area contributed by atoms with Gasteiger partial charge < -0.3 is 4.90 Å². The largest absolute Gasteiger partial charge is 0.348 e. The van der Waals surface area contributed by atoms with E-state index in [9.17, 15) is 9.59 Å². The SMILES string of the molecule is CC(=O)C(C/C=C/c1ccccc1)C(=O)N(C)C. The number of hydrogen-bond acceptors (Lipinski definition) is 2. The van der Waals surface area contributed by atoms with Gasteiger partial charge in [-0.2, -0.15) is 0 Å². The molecule has 96 valence electrons. The number of rotatable bonds is 5. The number of hydrogen-bond donors (Lipinski definition) is 0. The molecule has 0 spiro atoms. The summed E-state index contributed by atoms with van der Waals surface area (Å²) in [6.45, 7) is 1.46. The van der Waals surface area contributed by atoms with Crippen LogP contribution in [0.3, 0.4) is 0 Å². The van der Waals surface area contributed by atoms with Gasteiger partial charge in [-0.1, -0.05) is 42.5 Å². The molecule has 1 unspecified atom stereocenters. The van der Waals surface area contributed by atoms with Crippen LogP contribution in [0.25, 0.3) is 6.08 Å². The number of allylic oxidation sites excluding steroid dienone is 1. The van der Waals surface area contributed by atoms with Gasteiger partial charge in [-0.25, -0.2) is 0 Å². The monoisotopic (exact) mass is 245 g/mol. The quantitative estimate of drug-likeness (QED) is 0.747. The zero-order chi connectivity index (χ0) is 13.5. The van der Waals surface area contributed by atoms with Gasteiger partial charge in [-0.3, -0.25) is 9.59 Å². The lowest BCUT2D eigenvalue weighted by Crippen LogP contribution is -2.33. The van der Waals surface area contributed by atoms with Crippen LogP contribution < -0.4 is 0 Å². The molecule has 18 heavy (non-hydrogen) atoms. The minimum absolute atomic E-state index is 0.0913. The maximum absolute atomic E-state index is 11.8. The molecule has 1 aromatic rings. The molecule has 0 saturated heterocycles. The lowest BCUT2D eigenvalue weighted by Gasteiger charge is -2.16. The molecule has 0 aliphatic carbocycles. The van der Waals surface area contributed by atoms with Crippen molar-refractivity contribution in [3.63, 3.8) is 0 Å². The van der Waals surface area contributed by atoms with Crippen molar-refractivity contribution >= 4 is 17.8 Å². The predicted molar refractivity (Wildman–Crippen MR) is 73.0 cm³/mol. The van der Waals surface area contributed by atoms with Crippen LogP contribution in [0, 0.1) is 5.92 Å². The van der Waals surface area contributed by atoms with E-state index in [-0.39, 0.29) is 11.7 Å². The number of ketones is 1. The highest BCUT2D eigenvalue weighted by Crippen LogP contribution is 2.11. The van der Waals surface area contributed by atoms with Crippen molar-refractivity contribution in [2.75, 3.05) is 14.1 Å². The molecule has 0 N–H and O–H groups in total. The van der Waals surface area contributed by atoms with Gasteiger partial charge in [0.1, 0.15) is 5.78 Å². The van der Waals surface area contributed by atoms with Gasteiger partial charge in [0.05, 0.1) is 5.92 Å².